The zero-order chi connectivity index (χ0) is 21.1. The van der Waals surface area contributed by atoms with Crippen molar-refractivity contribution in [2.24, 2.45) is 0 Å². The van der Waals surface area contributed by atoms with Crippen molar-refractivity contribution >= 4 is 28.9 Å². The van der Waals surface area contributed by atoms with Crippen LogP contribution in [0.2, 0.25) is 0 Å². The van der Waals surface area contributed by atoms with Crippen LogP contribution in [0.5, 0.6) is 0 Å². The number of nitrogens with zero attached hydrogens (tertiary/aromatic N) is 3. The number of H-pyrrole nitrogens is 1. The molecule has 8 nitrogen and oxygen atoms in total. The van der Waals surface area contributed by atoms with Crippen molar-refractivity contribution in [3.63, 3.8) is 0 Å². The molecule has 2 amide bonds. The monoisotopic (exact) mass is 393 g/mol. The summed E-state index contributed by atoms with van der Waals surface area (Å²) in [6.45, 7) is 9.77. The summed E-state index contributed by atoms with van der Waals surface area (Å²) in [6.07, 6.45) is -1.25. The molecular weight excluding hydrogens is 370 g/mol. The molecule has 1 aliphatic rings. The third-order valence-corrected chi connectivity index (χ3v) is 4.96. The number of benzene rings is 1. The Morgan fingerprint density at radius 3 is 2.59 bits per heavy atom. The van der Waals surface area contributed by atoms with Gasteiger partial charge in [-0.15, -0.1) is 0 Å². The normalized spacial score (nSPS) is 16.4. The summed E-state index contributed by atoms with van der Waals surface area (Å²) in [6, 6.07) is 6.84. The van der Waals surface area contributed by atoms with E-state index in [0.717, 1.165) is 21.7 Å². The van der Waals surface area contributed by atoms with Crippen molar-refractivity contribution < 1.29 is 14.7 Å². The Bertz CT molecular complexity index is 1160. The number of imide groups is 1. The molecule has 0 radical (unpaired) electrons. The van der Waals surface area contributed by atoms with E-state index in [1.807, 2.05) is 25.1 Å². The molecule has 3 N–H and O–H groups in total. The maximum atomic E-state index is 12.5. The van der Waals surface area contributed by atoms with Gasteiger partial charge >= 0.3 is 6.09 Å². The summed E-state index contributed by atoms with van der Waals surface area (Å²) < 4.78 is 0. The number of rotatable bonds is 2. The lowest BCUT2D eigenvalue weighted by Gasteiger charge is -2.22. The third kappa shape index (κ3) is 3.10. The van der Waals surface area contributed by atoms with Crippen LogP contribution in [-0.2, 0) is 0 Å². The smallest absolute Gasteiger partial charge is 0.414 e. The van der Waals surface area contributed by atoms with Crippen molar-refractivity contribution in [2.75, 3.05) is 5.32 Å². The first-order chi connectivity index (χ1) is 13.6. The van der Waals surface area contributed by atoms with Gasteiger partial charge in [-0.25, -0.2) is 19.7 Å². The molecule has 0 unspecified atom stereocenters. The molecule has 1 aromatic carbocycles. The van der Waals surface area contributed by atoms with Gasteiger partial charge < -0.3 is 15.4 Å². The van der Waals surface area contributed by atoms with Gasteiger partial charge in [0.05, 0.1) is 28.5 Å². The fraction of sp³-hybridized carbons (Fsp3) is 0.333. The number of nitrogens with one attached hydrogen (secondary N) is 2. The molecule has 8 heteroatoms. The zero-order valence-electron chi connectivity index (χ0n) is 17.0. The van der Waals surface area contributed by atoms with E-state index in [0.29, 0.717) is 28.3 Å². The van der Waals surface area contributed by atoms with Gasteiger partial charge in [-0.2, -0.15) is 0 Å². The molecule has 29 heavy (non-hydrogen) atoms. The standard InChI is InChI=1S/C21H23N5O3/c1-10-18(25-21(3,4)5)24-17-12(7-6-8-14(17)22-10)15-9-13-16(23-15)11(2)26(19(13)27)20(28)29/h6-9,11,23H,1-5H3,(H,24,25)(H,28,29)/t11-/m1/s1. The average Bonchev–Trinajstić information content (AvgIpc) is 3.14. The summed E-state index contributed by atoms with van der Waals surface area (Å²) in [5.41, 5.74) is 4.59. The van der Waals surface area contributed by atoms with E-state index in [4.69, 9.17) is 4.98 Å². The van der Waals surface area contributed by atoms with Crippen molar-refractivity contribution in [1.82, 2.24) is 19.9 Å². The molecule has 0 bridgehead atoms. The molecule has 4 rings (SSSR count). The lowest BCUT2D eigenvalue weighted by molar-refractivity contribution is 0.0721. The highest BCUT2D eigenvalue weighted by molar-refractivity contribution is 6.08. The van der Waals surface area contributed by atoms with Gasteiger partial charge in [0.2, 0.25) is 0 Å². The highest BCUT2D eigenvalue weighted by atomic mass is 16.4. The highest BCUT2D eigenvalue weighted by Gasteiger charge is 2.40. The predicted octanol–water partition coefficient (Wildman–Crippen LogP) is 4.34. The van der Waals surface area contributed by atoms with Gasteiger partial charge in [0.1, 0.15) is 11.3 Å². The number of hydrogen-bond acceptors (Lipinski definition) is 5. The number of aromatic amines is 1. The molecule has 0 spiro atoms. The van der Waals surface area contributed by atoms with Crippen LogP contribution in [0.3, 0.4) is 0 Å². The van der Waals surface area contributed by atoms with E-state index < -0.39 is 18.0 Å². The number of hydrogen-bond donors (Lipinski definition) is 3. The van der Waals surface area contributed by atoms with Crippen LogP contribution in [0.25, 0.3) is 22.3 Å². The number of carbonyl (C=O) groups is 2. The molecule has 0 saturated heterocycles. The maximum absolute atomic E-state index is 12.5. The minimum absolute atomic E-state index is 0.169. The van der Waals surface area contributed by atoms with Gasteiger partial charge in [-0.1, -0.05) is 12.1 Å². The van der Waals surface area contributed by atoms with E-state index in [9.17, 15) is 14.7 Å². The topological polar surface area (TPSA) is 111 Å². The van der Waals surface area contributed by atoms with Crippen LogP contribution in [0.1, 0.15) is 55.5 Å². The molecule has 3 heterocycles. The third-order valence-electron chi connectivity index (χ3n) is 4.96. The molecule has 150 valence electrons. The van der Waals surface area contributed by atoms with Gasteiger partial charge in [0.25, 0.3) is 5.91 Å². The number of aromatic nitrogens is 3. The Kier molecular flexibility index (Phi) is 4.11. The van der Waals surface area contributed by atoms with E-state index in [1.165, 1.54) is 0 Å². The van der Waals surface area contributed by atoms with E-state index >= 15 is 0 Å². The lowest BCUT2D eigenvalue weighted by atomic mass is 10.1. The first-order valence-electron chi connectivity index (χ1n) is 9.42. The van der Waals surface area contributed by atoms with Gasteiger partial charge in [0, 0.05) is 16.8 Å². The second kappa shape index (κ2) is 6.30. The van der Waals surface area contributed by atoms with Crippen LogP contribution >= 0.6 is 0 Å². The van der Waals surface area contributed by atoms with Crippen molar-refractivity contribution in [3.05, 3.63) is 41.2 Å². The summed E-state index contributed by atoms with van der Waals surface area (Å²) >= 11 is 0. The summed E-state index contributed by atoms with van der Waals surface area (Å²) in [7, 11) is 0. The zero-order valence-corrected chi connectivity index (χ0v) is 17.0. The highest BCUT2D eigenvalue weighted by Crippen LogP contribution is 2.37. The van der Waals surface area contributed by atoms with Crippen molar-refractivity contribution in [2.45, 2.75) is 46.2 Å². The molecule has 1 atom stereocenters. The van der Waals surface area contributed by atoms with Gasteiger partial charge in [-0.3, -0.25) is 4.79 Å². The van der Waals surface area contributed by atoms with Crippen LogP contribution in [0.15, 0.2) is 24.3 Å². The summed E-state index contributed by atoms with van der Waals surface area (Å²) in [5, 5.41) is 12.7. The summed E-state index contributed by atoms with van der Waals surface area (Å²) in [5.74, 6) is 0.192. The Hall–Kier alpha value is -3.42. The lowest BCUT2D eigenvalue weighted by Crippen LogP contribution is -2.32. The maximum Gasteiger partial charge on any atom is 0.414 e. The van der Waals surface area contributed by atoms with Gasteiger partial charge in [-0.05, 0) is 46.8 Å². The van der Waals surface area contributed by atoms with Crippen LogP contribution in [0.4, 0.5) is 10.6 Å². The van der Waals surface area contributed by atoms with Crippen molar-refractivity contribution in [3.8, 4) is 11.3 Å². The summed E-state index contributed by atoms with van der Waals surface area (Å²) in [4.78, 5) is 37.4. The second-order valence-electron chi connectivity index (χ2n) is 8.35. The van der Waals surface area contributed by atoms with Crippen LogP contribution in [-0.4, -0.2) is 42.5 Å². The SMILES string of the molecule is Cc1nc2cccc(-c3cc4c([nH]3)[C@@H](C)N(C(=O)O)C4=O)c2nc1NC(C)(C)C. The van der Waals surface area contributed by atoms with E-state index in [-0.39, 0.29) is 5.54 Å². The number of aryl methyl sites for hydroxylation is 1. The molecule has 0 aliphatic carbocycles. The number of fused-ring (bicyclic) bond motifs is 2. The quantitative estimate of drug-likeness (QED) is 0.597. The van der Waals surface area contributed by atoms with Gasteiger partial charge in [0.15, 0.2) is 0 Å². The molecule has 0 saturated carbocycles. The largest absolute Gasteiger partial charge is 0.465 e. The minimum Gasteiger partial charge on any atom is -0.465 e. The Labute approximate surface area is 168 Å². The van der Waals surface area contributed by atoms with Crippen LogP contribution in [0, 0.1) is 6.92 Å². The van der Waals surface area contributed by atoms with Crippen LogP contribution < -0.4 is 5.32 Å². The molecule has 3 aromatic rings. The minimum atomic E-state index is -1.25. The fourth-order valence-electron chi connectivity index (χ4n) is 3.67. The number of para-hydroxylation sites is 1. The van der Waals surface area contributed by atoms with E-state index in [2.05, 4.69) is 36.1 Å². The number of anilines is 1. The van der Waals surface area contributed by atoms with Crippen molar-refractivity contribution in [1.29, 1.82) is 0 Å². The van der Waals surface area contributed by atoms with E-state index in [1.54, 1.807) is 13.0 Å². The average molecular weight is 393 g/mol. The fourth-order valence-corrected chi connectivity index (χ4v) is 3.67. The first-order valence-corrected chi connectivity index (χ1v) is 9.42. The second-order valence-corrected chi connectivity index (χ2v) is 8.35. The number of carboxylic acid groups (broad SMARTS) is 1. The molecule has 0 fully saturated rings. The Balaban J connectivity index is 1.84. The predicted molar refractivity (Wildman–Crippen MR) is 110 cm³/mol. The Morgan fingerprint density at radius 2 is 1.97 bits per heavy atom. The number of carbonyl (C=O) groups excluding carboxylic acids is 1. The molecule has 1 aliphatic heterocycles. The molecule has 2 aromatic heterocycles. The number of amides is 2. The Morgan fingerprint density at radius 1 is 1.24 bits per heavy atom. The molecular formula is C21H23N5O3. The first kappa shape index (κ1) is 18.9.